The lowest BCUT2D eigenvalue weighted by atomic mass is 9.80. The SMILES string of the molecule is Cc1nc(-c2c[nH]c(C(=O)N(C)C3(C(=O)O)CCCCC3)c2)cs1. The number of nitrogens with one attached hydrogen (secondary N) is 1. The maximum absolute atomic E-state index is 12.8. The van der Waals surface area contributed by atoms with Crippen molar-refractivity contribution in [1.82, 2.24) is 14.9 Å². The zero-order valence-corrected chi connectivity index (χ0v) is 14.7. The first kappa shape index (κ1) is 16.7. The molecule has 1 amide bonds. The molecule has 0 unspecified atom stereocenters. The van der Waals surface area contributed by atoms with Crippen molar-refractivity contribution >= 4 is 23.2 Å². The van der Waals surface area contributed by atoms with Gasteiger partial charge in [0.05, 0.1) is 10.7 Å². The molecule has 24 heavy (non-hydrogen) atoms. The fraction of sp³-hybridized carbons (Fsp3) is 0.471. The van der Waals surface area contributed by atoms with Gasteiger partial charge in [0.1, 0.15) is 11.2 Å². The summed E-state index contributed by atoms with van der Waals surface area (Å²) in [5, 5.41) is 12.6. The molecule has 2 aromatic heterocycles. The van der Waals surface area contributed by atoms with E-state index in [9.17, 15) is 14.7 Å². The third-order valence-electron chi connectivity index (χ3n) is 4.85. The normalized spacial score (nSPS) is 16.8. The zero-order chi connectivity index (χ0) is 17.3. The van der Waals surface area contributed by atoms with E-state index in [0.29, 0.717) is 18.5 Å². The molecule has 0 saturated heterocycles. The summed E-state index contributed by atoms with van der Waals surface area (Å²) in [6, 6.07) is 1.74. The highest BCUT2D eigenvalue weighted by atomic mass is 32.1. The Balaban J connectivity index is 1.85. The van der Waals surface area contributed by atoms with E-state index in [1.54, 1.807) is 30.6 Å². The van der Waals surface area contributed by atoms with Crippen LogP contribution in [0.2, 0.25) is 0 Å². The van der Waals surface area contributed by atoms with E-state index >= 15 is 0 Å². The number of H-pyrrole nitrogens is 1. The average Bonchev–Trinajstić information content (AvgIpc) is 3.22. The fourth-order valence-corrected chi connectivity index (χ4v) is 3.99. The van der Waals surface area contributed by atoms with E-state index in [1.807, 2.05) is 12.3 Å². The fourth-order valence-electron chi connectivity index (χ4n) is 3.37. The van der Waals surface area contributed by atoms with Gasteiger partial charge in [-0.3, -0.25) is 4.79 Å². The highest BCUT2D eigenvalue weighted by Gasteiger charge is 2.45. The summed E-state index contributed by atoms with van der Waals surface area (Å²) in [4.78, 5) is 33.5. The van der Waals surface area contributed by atoms with Gasteiger partial charge in [-0.25, -0.2) is 9.78 Å². The average molecular weight is 347 g/mol. The quantitative estimate of drug-likeness (QED) is 0.888. The van der Waals surface area contributed by atoms with Gasteiger partial charge < -0.3 is 15.0 Å². The van der Waals surface area contributed by atoms with Crippen molar-refractivity contribution in [3.8, 4) is 11.3 Å². The molecule has 2 N–H and O–H groups in total. The molecule has 3 rings (SSSR count). The largest absolute Gasteiger partial charge is 0.479 e. The first-order valence-corrected chi connectivity index (χ1v) is 8.94. The van der Waals surface area contributed by atoms with Gasteiger partial charge in [-0.15, -0.1) is 11.3 Å². The van der Waals surface area contributed by atoms with Gasteiger partial charge in [0.15, 0.2) is 0 Å². The molecule has 1 aliphatic rings. The lowest BCUT2D eigenvalue weighted by molar-refractivity contribution is -0.151. The molecule has 0 spiro atoms. The summed E-state index contributed by atoms with van der Waals surface area (Å²) in [6.07, 6.45) is 5.43. The number of carboxylic acids is 1. The number of likely N-dealkylation sites (N-methyl/N-ethyl adjacent to an activating group) is 1. The number of aromatic amines is 1. The van der Waals surface area contributed by atoms with Crippen molar-refractivity contribution in [1.29, 1.82) is 0 Å². The van der Waals surface area contributed by atoms with Crippen LogP contribution >= 0.6 is 11.3 Å². The molecule has 7 heteroatoms. The van der Waals surface area contributed by atoms with Crippen molar-refractivity contribution in [2.45, 2.75) is 44.6 Å². The van der Waals surface area contributed by atoms with Crippen LogP contribution in [-0.2, 0) is 4.79 Å². The van der Waals surface area contributed by atoms with Crippen molar-refractivity contribution in [2.75, 3.05) is 7.05 Å². The van der Waals surface area contributed by atoms with E-state index in [1.165, 1.54) is 4.90 Å². The molecule has 6 nitrogen and oxygen atoms in total. The molecular weight excluding hydrogens is 326 g/mol. The second-order valence-corrected chi connectivity index (χ2v) is 7.38. The van der Waals surface area contributed by atoms with E-state index in [2.05, 4.69) is 9.97 Å². The Morgan fingerprint density at radius 2 is 2.04 bits per heavy atom. The van der Waals surface area contributed by atoms with Crippen molar-refractivity contribution < 1.29 is 14.7 Å². The minimum absolute atomic E-state index is 0.294. The first-order valence-electron chi connectivity index (χ1n) is 8.06. The number of carbonyl (C=O) groups excluding carboxylic acids is 1. The van der Waals surface area contributed by atoms with E-state index in [0.717, 1.165) is 35.5 Å². The second-order valence-electron chi connectivity index (χ2n) is 6.32. The van der Waals surface area contributed by atoms with Crippen molar-refractivity contribution in [2.24, 2.45) is 0 Å². The Morgan fingerprint density at radius 1 is 1.33 bits per heavy atom. The number of hydrogen-bond acceptors (Lipinski definition) is 4. The number of carbonyl (C=O) groups is 2. The van der Waals surface area contributed by atoms with Crippen molar-refractivity contribution in [3.63, 3.8) is 0 Å². The third kappa shape index (κ3) is 2.84. The van der Waals surface area contributed by atoms with Crippen LogP contribution in [0.25, 0.3) is 11.3 Å². The number of amides is 1. The Labute approximate surface area is 144 Å². The summed E-state index contributed by atoms with van der Waals surface area (Å²) in [6.45, 7) is 1.93. The molecule has 0 bridgehead atoms. The first-order chi connectivity index (χ1) is 11.4. The summed E-state index contributed by atoms with van der Waals surface area (Å²) < 4.78 is 0. The van der Waals surface area contributed by atoms with Crippen LogP contribution in [0.4, 0.5) is 0 Å². The van der Waals surface area contributed by atoms with Gasteiger partial charge in [0.25, 0.3) is 5.91 Å². The minimum atomic E-state index is -1.10. The van der Waals surface area contributed by atoms with E-state index in [4.69, 9.17) is 0 Å². The van der Waals surface area contributed by atoms with Crippen LogP contribution in [-0.4, -0.2) is 44.4 Å². The van der Waals surface area contributed by atoms with Crippen LogP contribution in [0, 0.1) is 6.92 Å². The summed E-state index contributed by atoms with van der Waals surface area (Å²) in [5.74, 6) is -1.21. The maximum Gasteiger partial charge on any atom is 0.329 e. The molecule has 0 aromatic carbocycles. The lowest BCUT2D eigenvalue weighted by Crippen LogP contribution is -2.56. The van der Waals surface area contributed by atoms with Crippen LogP contribution < -0.4 is 0 Å². The number of hydrogen-bond donors (Lipinski definition) is 2. The molecule has 0 aliphatic heterocycles. The summed E-state index contributed by atoms with van der Waals surface area (Å²) >= 11 is 1.55. The monoisotopic (exact) mass is 347 g/mol. The van der Waals surface area contributed by atoms with Gasteiger partial charge in [-0.05, 0) is 25.8 Å². The van der Waals surface area contributed by atoms with Gasteiger partial charge >= 0.3 is 5.97 Å². The molecule has 2 aromatic rings. The molecule has 0 atom stereocenters. The Morgan fingerprint density at radius 3 is 2.62 bits per heavy atom. The number of aliphatic carboxylic acids is 1. The summed E-state index contributed by atoms with van der Waals surface area (Å²) in [5.41, 5.74) is 0.951. The topological polar surface area (TPSA) is 86.3 Å². The minimum Gasteiger partial charge on any atom is -0.479 e. The van der Waals surface area contributed by atoms with Gasteiger partial charge in [-0.2, -0.15) is 0 Å². The molecule has 128 valence electrons. The third-order valence-corrected chi connectivity index (χ3v) is 5.63. The van der Waals surface area contributed by atoms with Gasteiger partial charge in [0, 0.05) is 24.2 Å². The molecule has 2 heterocycles. The van der Waals surface area contributed by atoms with Gasteiger partial charge in [-0.1, -0.05) is 19.3 Å². The zero-order valence-electron chi connectivity index (χ0n) is 13.8. The van der Waals surface area contributed by atoms with Crippen LogP contribution in [0.15, 0.2) is 17.6 Å². The second kappa shape index (κ2) is 6.39. The molecule has 1 saturated carbocycles. The molecule has 0 radical (unpaired) electrons. The maximum atomic E-state index is 12.8. The molecular formula is C17H21N3O3S. The van der Waals surface area contributed by atoms with E-state index in [-0.39, 0.29) is 5.91 Å². The Hall–Kier alpha value is -2.15. The van der Waals surface area contributed by atoms with E-state index < -0.39 is 11.5 Å². The lowest BCUT2D eigenvalue weighted by Gasteiger charge is -2.40. The molecule has 1 aliphatic carbocycles. The van der Waals surface area contributed by atoms with Crippen LogP contribution in [0.1, 0.15) is 47.6 Å². The molecule has 1 fully saturated rings. The number of aromatic nitrogens is 2. The number of thiazole rings is 1. The standard InChI is InChI=1S/C17H21N3O3S/c1-11-19-14(10-24-11)12-8-13(18-9-12)15(21)20(2)17(16(22)23)6-4-3-5-7-17/h8-10,18H,3-7H2,1-2H3,(H,22,23). The smallest absolute Gasteiger partial charge is 0.329 e. The number of nitrogens with zero attached hydrogens (tertiary/aromatic N) is 2. The Kier molecular flexibility index (Phi) is 4.45. The predicted octanol–water partition coefficient (Wildman–Crippen LogP) is 3.31. The Bertz CT molecular complexity index is 759. The van der Waals surface area contributed by atoms with Crippen LogP contribution in [0.5, 0.6) is 0 Å². The summed E-state index contributed by atoms with van der Waals surface area (Å²) in [7, 11) is 1.59. The predicted molar refractivity (Wildman–Crippen MR) is 92.2 cm³/mol. The highest BCUT2D eigenvalue weighted by molar-refractivity contribution is 7.09. The van der Waals surface area contributed by atoms with Crippen LogP contribution in [0.3, 0.4) is 0 Å². The number of rotatable bonds is 4. The van der Waals surface area contributed by atoms with Crippen molar-refractivity contribution in [3.05, 3.63) is 28.3 Å². The van der Waals surface area contributed by atoms with Gasteiger partial charge in [0.2, 0.25) is 0 Å². The number of carboxylic acid groups (broad SMARTS) is 1. The number of aryl methyl sites for hydroxylation is 1. The highest BCUT2D eigenvalue weighted by Crippen LogP contribution is 2.34.